The van der Waals surface area contributed by atoms with Crippen molar-refractivity contribution in [1.82, 2.24) is 19.8 Å². The number of halogens is 1. The third-order valence-electron chi connectivity index (χ3n) is 12.3. The van der Waals surface area contributed by atoms with Crippen LogP contribution in [-0.2, 0) is 16.6 Å². The van der Waals surface area contributed by atoms with Crippen LogP contribution in [0.25, 0.3) is 22.0 Å². The van der Waals surface area contributed by atoms with Crippen molar-refractivity contribution in [2.75, 3.05) is 53.4 Å². The van der Waals surface area contributed by atoms with Gasteiger partial charge in [0.25, 0.3) is 15.7 Å². The Morgan fingerprint density at radius 2 is 1.60 bits per heavy atom. The highest BCUT2D eigenvalue weighted by Gasteiger charge is 2.28. The first-order valence-electron chi connectivity index (χ1n) is 21.6. The summed E-state index contributed by atoms with van der Waals surface area (Å²) < 4.78 is 30.4. The van der Waals surface area contributed by atoms with Crippen molar-refractivity contribution in [3.8, 4) is 11.1 Å². The molecule has 1 aromatic heterocycles. The molecule has 6 aromatic rings. The normalized spacial score (nSPS) is 18.0. The summed E-state index contributed by atoms with van der Waals surface area (Å²) in [5, 5.41) is 17.2. The Bertz CT molecular complexity index is 2620. The Kier molecular flexibility index (Phi) is 14.1. The lowest BCUT2D eigenvalue weighted by molar-refractivity contribution is -0.384. The van der Waals surface area contributed by atoms with E-state index in [-0.39, 0.29) is 28.1 Å². The Balaban J connectivity index is 0.941. The van der Waals surface area contributed by atoms with Gasteiger partial charge in [-0.1, -0.05) is 72.6 Å². The molecule has 0 bridgehead atoms. The van der Waals surface area contributed by atoms with Gasteiger partial charge in [-0.3, -0.25) is 24.6 Å². The fraction of sp³-hybridized carbons (Fsp3) is 0.333. The number of anilines is 3. The van der Waals surface area contributed by atoms with E-state index in [1.165, 1.54) is 36.0 Å². The second-order valence-corrected chi connectivity index (χ2v) is 19.7. The Morgan fingerprint density at radius 1 is 0.873 bits per heavy atom. The van der Waals surface area contributed by atoms with Gasteiger partial charge in [-0.15, -0.1) is 11.8 Å². The molecule has 3 heterocycles. The van der Waals surface area contributed by atoms with Crippen LogP contribution in [0.2, 0.25) is 5.02 Å². The number of thioether (sulfide) groups is 1. The molecule has 2 aliphatic rings. The topological polar surface area (TPSA) is 137 Å². The van der Waals surface area contributed by atoms with Gasteiger partial charge in [0.2, 0.25) is 0 Å². The van der Waals surface area contributed by atoms with Crippen molar-refractivity contribution >= 4 is 67.2 Å². The largest absolute Gasteiger partial charge is 0.376 e. The lowest BCUT2D eigenvalue weighted by Gasteiger charge is -2.39. The highest BCUT2D eigenvalue weighted by Crippen LogP contribution is 2.33. The number of sulfonamides is 1. The fourth-order valence-corrected chi connectivity index (χ4v) is 11.0. The molecule has 0 radical (unpaired) electrons. The molecular formula is C48H53ClN8O4S2. The minimum atomic E-state index is -4.28. The van der Waals surface area contributed by atoms with Gasteiger partial charge in [0.1, 0.15) is 12.0 Å². The lowest BCUT2D eigenvalue weighted by atomic mass is 9.97. The van der Waals surface area contributed by atoms with Crippen LogP contribution in [0.4, 0.5) is 22.9 Å². The Morgan fingerprint density at radius 3 is 2.35 bits per heavy atom. The number of nitrogens with zero attached hydrogens (tertiary/aromatic N) is 6. The van der Waals surface area contributed by atoms with Gasteiger partial charge in [0.05, 0.1) is 15.3 Å². The van der Waals surface area contributed by atoms with Crippen molar-refractivity contribution in [3.63, 3.8) is 0 Å². The van der Waals surface area contributed by atoms with Crippen LogP contribution < -0.4 is 14.9 Å². The van der Waals surface area contributed by atoms with E-state index in [2.05, 4.69) is 97.1 Å². The summed E-state index contributed by atoms with van der Waals surface area (Å²) in [5.74, 6) is 0.776. The Hall–Kier alpha value is -5.25. The molecule has 2 fully saturated rings. The van der Waals surface area contributed by atoms with E-state index >= 15 is 0 Å². The zero-order valence-corrected chi connectivity index (χ0v) is 38.0. The molecule has 0 saturated carbocycles. The number of piperazine rings is 1. The van der Waals surface area contributed by atoms with Crippen LogP contribution >= 0.6 is 23.4 Å². The van der Waals surface area contributed by atoms with Gasteiger partial charge < -0.3 is 10.2 Å². The number of rotatable bonds is 16. The molecule has 328 valence electrons. The number of nitrogens with one attached hydrogen (secondary N) is 2. The molecule has 12 nitrogen and oxygen atoms in total. The molecule has 15 heteroatoms. The summed E-state index contributed by atoms with van der Waals surface area (Å²) in [5.41, 5.74) is 5.13. The number of hydrogen-bond acceptors (Lipinski definition) is 11. The average Bonchev–Trinajstić information content (AvgIpc) is 3.29. The minimum absolute atomic E-state index is 0.0970. The number of piperidine rings is 1. The highest BCUT2D eigenvalue weighted by molar-refractivity contribution is 7.99. The third-order valence-corrected chi connectivity index (χ3v) is 15.1. The van der Waals surface area contributed by atoms with Gasteiger partial charge >= 0.3 is 0 Å². The van der Waals surface area contributed by atoms with Gasteiger partial charge in [0.15, 0.2) is 5.82 Å². The summed E-state index contributed by atoms with van der Waals surface area (Å²) in [4.78, 5) is 29.0. The molecular weight excluding hydrogens is 852 g/mol. The molecule has 0 amide bonds. The molecule has 5 aromatic carbocycles. The molecule has 3 atom stereocenters. The zero-order chi connectivity index (χ0) is 43.9. The number of fused-ring (bicyclic) bond motifs is 1. The fourth-order valence-electron chi connectivity index (χ4n) is 8.79. The molecule has 2 N–H and O–H groups in total. The monoisotopic (exact) mass is 904 g/mol. The van der Waals surface area contributed by atoms with Crippen molar-refractivity contribution < 1.29 is 13.3 Å². The van der Waals surface area contributed by atoms with Gasteiger partial charge in [-0.05, 0) is 104 Å². The number of aromatic nitrogens is 2. The van der Waals surface area contributed by atoms with Gasteiger partial charge in [-0.2, -0.15) is 0 Å². The smallest absolute Gasteiger partial charge is 0.293 e. The maximum Gasteiger partial charge on any atom is 0.293 e. The van der Waals surface area contributed by atoms with Gasteiger partial charge in [-0.25, -0.2) is 18.4 Å². The zero-order valence-electron chi connectivity index (χ0n) is 35.6. The van der Waals surface area contributed by atoms with E-state index in [1.807, 2.05) is 48.5 Å². The number of hydrogen-bond donors (Lipinski definition) is 2. The standard InChI is InChI=1S/C48H53ClN8O4S2/c1-34-9-8-10-35(2)56(34)24-23-39(32-62-41-12-4-3-5-13-41)52-45-22-20-42(30-47(45)57(58)59)63(60,61)53-48-44-21-19-40(29-46(44)50-33-51-48)55-27-25-54(26-28-55)31-37-11-6-7-14-43(37)36-15-17-38(49)18-16-36/h3-7,11-22,29-30,33-35,39,52H,8-10,23-28,31-32H2,1-2H3,(H,50,51,53)/t34?,35?,39-/m1/s1. The molecule has 0 aliphatic carbocycles. The van der Waals surface area contributed by atoms with E-state index in [4.69, 9.17) is 11.6 Å². The summed E-state index contributed by atoms with van der Waals surface area (Å²) in [6.45, 7) is 9.58. The van der Waals surface area contributed by atoms with Crippen molar-refractivity contribution in [2.45, 2.75) is 74.0 Å². The molecule has 2 aliphatic heterocycles. The molecule has 8 rings (SSSR count). The van der Waals surface area contributed by atoms with Gasteiger partial charge in [0, 0.05) is 90.2 Å². The third kappa shape index (κ3) is 10.9. The highest BCUT2D eigenvalue weighted by atomic mass is 35.5. The van der Waals surface area contributed by atoms with Crippen molar-refractivity contribution in [3.05, 3.63) is 142 Å². The summed E-state index contributed by atoms with van der Waals surface area (Å²) >= 11 is 7.85. The summed E-state index contributed by atoms with van der Waals surface area (Å²) in [6.07, 6.45) is 5.63. The molecule has 63 heavy (non-hydrogen) atoms. The number of nitro benzene ring substituents is 1. The first kappa shape index (κ1) is 44.4. The van der Waals surface area contributed by atoms with Crippen LogP contribution in [0.3, 0.4) is 0 Å². The maximum atomic E-state index is 13.9. The van der Waals surface area contributed by atoms with E-state index in [0.717, 1.165) is 80.7 Å². The summed E-state index contributed by atoms with van der Waals surface area (Å²) in [7, 11) is -4.28. The minimum Gasteiger partial charge on any atom is -0.376 e. The van der Waals surface area contributed by atoms with Crippen LogP contribution in [0.15, 0.2) is 131 Å². The predicted octanol–water partition coefficient (Wildman–Crippen LogP) is 10.2. The average molecular weight is 906 g/mol. The van der Waals surface area contributed by atoms with E-state index in [1.54, 1.807) is 11.8 Å². The van der Waals surface area contributed by atoms with Crippen LogP contribution in [0, 0.1) is 10.1 Å². The van der Waals surface area contributed by atoms with Crippen LogP contribution in [-0.4, -0.2) is 89.7 Å². The van der Waals surface area contributed by atoms with E-state index in [0.29, 0.717) is 33.8 Å². The number of likely N-dealkylation sites (tertiary alicyclic amines) is 1. The van der Waals surface area contributed by atoms with Crippen LogP contribution in [0.1, 0.15) is 45.1 Å². The first-order valence-corrected chi connectivity index (χ1v) is 24.4. The number of benzene rings is 5. The second kappa shape index (κ2) is 20.1. The van der Waals surface area contributed by atoms with E-state index in [9.17, 15) is 18.5 Å². The Labute approximate surface area is 379 Å². The number of nitro groups is 1. The van der Waals surface area contributed by atoms with Crippen molar-refractivity contribution in [2.24, 2.45) is 0 Å². The SMILES string of the molecule is CC1CCCC(C)N1CC[C@H](CSc1ccccc1)Nc1ccc(S(=O)(=O)Nc2ncnc3cc(N4CCN(Cc5ccccc5-c5ccc(Cl)cc5)CC4)ccc23)cc1[N+](=O)[O-]. The molecule has 0 spiro atoms. The van der Waals surface area contributed by atoms with Crippen LogP contribution in [0.5, 0.6) is 0 Å². The maximum absolute atomic E-state index is 13.9. The predicted molar refractivity (Wildman–Crippen MR) is 256 cm³/mol. The first-order chi connectivity index (χ1) is 30.5. The lowest BCUT2D eigenvalue weighted by Crippen LogP contribution is -2.46. The second-order valence-electron chi connectivity index (χ2n) is 16.5. The molecule has 2 unspecified atom stereocenters. The van der Waals surface area contributed by atoms with E-state index < -0.39 is 14.9 Å². The molecule has 2 saturated heterocycles. The van der Waals surface area contributed by atoms with Crippen molar-refractivity contribution in [1.29, 1.82) is 0 Å². The quantitative estimate of drug-likeness (QED) is 0.0546. The summed E-state index contributed by atoms with van der Waals surface area (Å²) in [6, 6.07) is 37.1.